The Labute approximate surface area is 109 Å². The zero-order valence-corrected chi connectivity index (χ0v) is 11.4. The Morgan fingerprint density at radius 2 is 2.28 bits per heavy atom. The van der Waals surface area contributed by atoms with Crippen LogP contribution in [0.25, 0.3) is 0 Å². The van der Waals surface area contributed by atoms with Crippen LogP contribution in [0, 0.1) is 5.92 Å². The lowest BCUT2D eigenvalue weighted by atomic mass is 10.2. The fourth-order valence-electron chi connectivity index (χ4n) is 2.36. The molecule has 2 atom stereocenters. The Morgan fingerprint density at radius 1 is 1.50 bits per heavy atom. The first kappa shape index (κ1) is 13.8. The van der Waals surface area contributed by atoms with E-state index in [0.29, 0.717) is 18.5 Å². The lowest BCUT2D eigenvalue weighted by Crippen LogP contribution is -2.47. The van der Waals surface area contributed by atoms with E-state index in [2.05, 4.69) is 29.5 Å². The predicted molar refractivity (Wildman–Crippen MR) is 70.4 cm³/mol. The average Bonchev–Trinajstić information content (AvgIpc) is 3.12. The number of morpholine rings is 1. The van der Waals surface area contributed by atoms with Crippen molar-refractivity contribution in [2.75, 3.05) is 39.8 Å². The number of rotatable bonds is 6. The van der Waals surface area contributed by atoms with Crippen molar-refractivity contribution in [1.29, 1.82) is 0 Å². The summed E-state index contributed by atoms with van der Waals surface area (Å²) in [5, 5.41) is 6.21. The van der Waals surface area contributed by atoms with Crippen LogP contribution in [0.15, 0.2) is 0 Å². The highest BCUT2D eigenvalue weighted by atomic mass is 16.5. The van der Waals surface area contributed by atoms with Gasteiger partial charge < -0.3 is 20.3 Å². The number of hydrogen-bond donors (Lipinski definition) is 2. The number of ether oxygens (including phenoxy) is 1. The molecule has 0 aromatic heterocycles. The fourth-order valence-corrected chi connectivity index (χ4v) is 2.36. The number of carbonyl (C=O) groups is 1. The van der Waals surface area contributed by atoms with Crippen molar-refractivity contribution in [2.24, 2.45) is 5.92 Å². The van der Waals surface area contributed by atoms with E-state index >= 15 is 0 Å². The Kier molecular flexibility index (Phi) is 4.97. The van der Waals surface area contributed by atoms with Crippen LogP contribution in [-0.4, -0.2) is 62.8 Å². The molecule has 5 heteroatoms. The Balaban J connectivity index is 1.55. The van der Waals surface area contributed by atoms with Crippen LogP contribution in [0.3, 0.4) is 0 Å². The zero-order valence-electron chi connectivity index (χ0n) is 11.4. The van der Waals surface area contributed by atoms with Crippen LogP contribution in [0.5, 0.6) is 0 Å². The highest BCUT2D eigenvalue weighted by Gasteiger charge is 2.28. The van der Waals surface area contributed by atoms with E-state index in [-0.39, 0.29) is 12.0 Å². The average molecular weight is 255 g/mol. The van der Waals surface area contributed by atoms with Crippen LogP contribution in [-0.2, 0) is 9.53 Å². The molecule has 5 nitrogen and oxygen atoms in total. The third kappa shape index (κ3) is 4.55. The van der Waals surface area contributed by atoms with Crippen molar-refractivity contribution in [1.82, 2.24) is 15.5 Å². The van der Waals surface area contributed by atoms with Crippen molar-refractivity contribution in [3.63, 3.8) is 0 Å². The number of amides is 1. The topological polar surface area (TPSA) is 53.6 Å². The Morgan fingerprint density at radius 3 is 2.94 bits per heavy atom. The van der Waals surface area contributed by atoms with E-state index in [1.165, 1.54) is 12.8 Å². The van der Waals surface area contributed by atoms with Crippen molar-refractivity contribution in [3.05, 3.63) is 0 Å². The lowest BCUT2D eigenvalue weighted by molar-refractivity contribution is -0.121. The minimum absolute atomic E-state index is 0.0959. The lowest BCUT2D eigenvalue weighted by Gasteiger charge is -2.30. The Hall–Kier alpha value is -0.650. The standard InChI is InChI=1S/C13H25N3O2/c1-10(11-3-4-11)15-13(17)8-14-7-12-9-16(2)5-6-18-12/h10-12,14H,3-9H2,1-2H3,(H,15,17)/t10-,12-/m0/s1. The number of likely N-dealkylation sites (N-methyl/N-ethyl adjacent to an activating group) is 1. The van der Waals surface area contributed by atoms with Crippen LogP contribution in [0.1, 0.15) is 19.8 Å². The van der Waals surface area contributed by atoms with Crippen molar-refractivity contribution in [3.8, 4) is 0 Å². The molecule has 0 bridgehead atoms. The number of carbonyl (C=O) groups excluding carboxylic acids is 1. The van der Waals surface area contributed by atoms with Gasteiger partial charge in [-0.2, -0.15) is 0 Å². The van der Waals surface area contributed by atoms with Gasteiger partial charge in [0.15, 0.2) is 0 Å². The summed E-state index contributed by atoms with van der Waals surface area (Å²) in [6, 6.07) is 0.330. The second kappa shape index (κ2) is 6.50. The van der Waals surface area contributed by atoms with Gasteiger partial charge in [0.2, 0.25) is 5.91 Å². The molecule has 1 heterocycles. The summed E-state index contributed by atoms with van der Waals surface area (Å²) in [5.74, 6) is 0.808. The molecule has 0 aromatic rings. The second-order valence-electron chi connectivity index (χ2n) is 5.58. The molecule has 0 unspecified atom stereocenters. The van der Waals surface area contributed by atoms with E-state index < -0.39 is 0 Å². The summed E-state index contributed by atoms with van der Waals surface area (Å²) in [6.45, 7) is 5.95. The van der Waals surface area contributed by atoms with Gasteiger partial charge in [0.05, 0.1) is 19.3 Å². The molecule has 1 amide bonds. The molecule has 1 saturated heterocycles. The maximum absolute atomic E-state index is 11.7. The van der Waals surface area contributed by atoms with E-state index in [9.17, 15) is 4.79 Å². The third-order valence-electron chi connectivity index (χ3n) is 3.72. The maximum atomic E-state index is 11.7. The molecule has 0 aromatic carbocycles. The first-order valence-electron chi connectivity index (χ1n) is 6.95. The summed E-state index contributed by atoms with van der Waals surface area (Å²) < 4.78 is 5.62. The maximum Gasteiger partial charge on any atom is 0.234 e. The van der Waals surface area contributed by atoms with E-state index in [4.69, 9.17) is 4.74 Å². The van der Waals surface area contributed by atoms with Gasteiger partial charge in [-0.25, -0.2) is 0 Å². The van der Waals surface area contributed by atoms with Gasteiger partial charge in [-0.15, -0.1) is 0 Å². The molecule has 1 aliphatic heterocycles. The highest BCUT2D eigenvalue weighted by Crippen LogP contribution is 2.32. The predicted octanol–water partition coefficient (Wildman–Crippen LogP) is -0.179. The molecule has 2 aliphatic rings. The van der Waals surface area contributed by atoms with Gasteiger partial charge in [-0.3, -0.25) is 4.79 Å². The molecule has 2 fully saturated rings. The van der Waals surface area contributed by atoms with Gasteiger partial charge in [0.1, 0.15) is 0 Å². The van der Waals surface area contributed by atoms with Crippen molar-refractivity contribution >= 4 is 5.91 Å². The molecule has 0 radical (unpaired) electrons. The monoisotopic (exact) mass is 255 g/mol. The molecular formula is C13H25N3O2. The quantitative estimate of drug-likeness (QED) is 0.691. The fraction of sp³-hybridized carbons (Fsp3) is 0.923. The van der Waals surface area contributed by atoms with E-state index in [1.807, 2.05) is 0 Å². The molecule has 1 saturated carbocycles. The number of nitrogens with one attached hydrogen (secondary N) is 2. The third-order valence-corrected chi connectivity index (χ3v) is 3.72. The number of hydrogen-bond acceptors (Lipinski definition) is 4. The largest absolute Gasteiger partial charge is 0.374 e. The summed E-state index contributed by atoms with van der Waals surface area (Å²) in [5.41, 5.74) is 0. The first-order chi connectivity index (χ1) is 8.65. The second-order valence-corrected chi connectivity index (χ2v) is 5.58. The van der Waals surface area contributed by atoms with E-state index in [1.54, 1.807) is 0 Å². The zero-order chi connectivity index (χ0) is 13.0. The van der Waals surface area contributed by atoms with Gasteiger partial charge in [-0.05, 0) is 32.7 Å². The summed E-state index contributed by atoms with van der Waals surface area (Å²) in [7, 11) is 2.10. The highest BCUT2D eigenvalue weighted by molar-refractivity contribution is 5.78. The van der Waals surface area contributed by atoms with Gasteiger partial charge in [0, 0.05) is 25.7 Å². The summed E-state index contributed by atoms with van der Waals surface area (Å²) >= 11 is 0. The minimum Gasteiger partial charge on any atom is -0.374 e. The molecule has 1 aliphatic carbocycles. The summed E-state index contributed by atoms with van der Waals surface area (Å²) in [6.07, 6.45) is 2.73. The molecule has 2 N–H and O–H groups in total. The molecule has 18 heavy (non-hydrogen) atoms. The van der Waals surface area contributed by atoms with Crippen LogP contribution < -0.4 is 10.6 Å². The minimum atomic E-state index is 0.0959. The number of nitrogens with zero attached hydrogens (tertiary/aromatic N) is 1. The van der Waals surface area contributed by atoms with Gasteiger partial charge in [0.25, 0.3) is 0 Å². The van der Waals surface area contributed by atoms with Crippen LogP contribution in [0.4, 0.5) is 0 Å². The normalized spacial score (nSPS) is 26.9. The first-order valence-corrected chi connectivity index (χ1v) is 6.95. The van der Waals surface area contributed by atoms with E-state index in [0.717, 1.165) is 26.2 Å². The van der Waals surface area contributed by atoms with Gasteiger partial charge >= 0.3 is 0 Å². The SMILES string of the molecule is C[C@H](NC(=O)CNC[C@H]1CN(C)CCO1)C1CC1. The molecule has 104 valence electrons. The van der Waals surface area contributed by atoms with Crippen LogP contribution >= 0.6 is 0 Å². The van der Waals surface area contributed by atoms with Gasteiger partial charge in [-0.1, -0.05) is 0 Å². The van der Waals surface area contributed by atoms with Crippen molar-refractivity contribution < 1.29 is 9.53 Å². The molecular weight excluding hydrogens is 230 g/mol. The molecule has 0 spiro atoms. The van der Waals surface area contributed by atoms with Crippen LogP contribution in [0.2, 0.25) is 0 Å². The Bertz CT molecular complexity index is 281. The molecule has 2 rings (SSSR count). The smallest absolute Gasteiger partial charge is 0.234 e. The van der Waals surface area contributed by atoms with Crippen molar-refractivity contribution in [2.45, 2.75) is 31.9 Å². The summed E-state index contributed by atoms with van der Waals surface area (Å²) in [4.78, 5) is 13.9.